The maximum absolute atomic E-state index is 5.73. The van der Waals surface area contributed by atoms with E-state index in [1.165, 1.54) is 71.7 Å². The molecule has 0 aliphatic carbocycles. The smallest absolute Gasteiger partial charge is 0.0598 e. The molecular formula is C17H38N6. The molecule has 0 bridgehead atoms. The molecule has 0 radical (unpaired) electrons. The van der Waals surface area contributed by atoms with Gasteiger partial charge in [-0.1, -0.05) is 0 Å². The third kappa shape index (κ3) is 7.03. The first-order valence-electron chi connectivity index (χ1n) is 9.46. The average Bonchev–Trinajstić information content (AvgIpc) is 2.57. The molecule has 0 saturated carbocycles. The first-order valence-corrected chi connectivity index (χ1v) is 9.46. The van der Waals surface area contributed by atoms with E-state index in [1.54, 1.807) is 0 Å². The zero-order valence-electron chi connectivity index (χ0n) is 15.3. The summed E-state index contributed by atoms with van der Waals surface area (Å²) in [4.78, 5) is 10.1. The molecular weight excluding hydrogens is 288 g/mol. The minimum atomic E-state index is 0.514. The van der Waals surface area contributed by atoms with Crippen molar-refractivity contribution in [3.63, 3.8) is 0 Å². The molecule has 2 saturated heterocycles. The number of nitrogens with one attached hydrogen (secondary N) is 1. The largest absolute Gasteiger partial charge is 0.330 e. The highest BCUT2D eigenvalue weighted by Crippen LogP contribution is 2.08. The molecule has 2 rings (SSSR count). The van der Waals surface area contributed by atoms with Crippen LogP contribution in [-0.4, -0.2) is 112 Å². The molecule has 0 aromatic rings. The SMILES string of the molecule is CN1CCN(CCCNC(CCCN)N2CCN(C)CC2)CC1. The summed E-state index contributed by atoms with van der Waals surface area (Å²) in [7, 11) is 4.44. The summed E-state index contributed by atoms with van der Waals surface area (Å²) in [5.74, 6) is 0. The minimum Gasteiger partial charge on any atom is -0.330 e. The van der Waals surface area contributed by atoms with Gasteiger partial charge in [0.2, 0.25) is 0 Å². The predicted molar refractivity (Wildman–Crippen MR) is 97.7 cm³/mol. The van der Waals surface area contributed by atoms with E-state index in [-0.39, 0.29) is 0 Å². The maximum atomic E-state index is 5.73. The molecule has 2 heterocycles. The fourth-order valence-corrected chi connectivity index (χ4v) is 3.50. The molecule has 1 atom stereocenters. The summed E-state index contributed by atoms with van der Waals surface area (Å²) in [6.45, 7) is 12.8. The van der Waals surface area contributed by atoms with Gasteiger partial charge < -0.3 is 25.8 Å². The minimum absolute atomic E-state index is 0.514. The number of piperazine rings is 2. The lowest BCUT2D eigenvalue weighted by atomic mass is 10.2. The maximum Gasteiger partial charge on any atom is 0.0598 e. The third-order valence-electron chi connectivity index (χ3n) is 5.29. The Kier molecular flexibility index (Phi) is 8.79. The summed E-state index contributed by atoms with van der Waals surface area (Å²) in [6, 6.07) is 0. The number of nitrogens with zero attached hydrogens (tertiary/aromatic N) is 4. The van der Waals surface area contributed by atoms with Crippen LogP contribution in [0.5, 0.6) is 0 Å². The van der Waals surface area contributed by atoms with E-state index in [0.717, 1.165) is 19.5 Å². The molecule has 0 amide bonds. The first-order chi connectivity index (χ1) is 11.2. The lowest BCUT2D eigenvalue weighted by molar-refractivity contribution is 0.0870. The second kappa shape index (κ2) is 10.6. The van der Waals surface area contributed by atoms with Crippen LogP contribution in [0.2, 0.25) is 0 Å². The molecule has 0 spiro atoms. The lowest BCUT2D eigenvalue weighted by Crippen LogP contribution is -2.54. The van der Waals surface area contributed by atoms with Crippen LogP contribution in [-0.2, 0) is 0 Å². The molecule has 6 heteroatoms. The van der Waals surface area contributed by atoms with Gasteiger partial charge in [0, 0.05) is 52.4 Å². The third-order valence-corrected chi connectivity index (χ3v) is 5.29. The topological polar surface area (TPSA) is 51.0 Å². The Labute approximate surface area is 142 Å². The zero-order chi connectivity index (χ0) is 16.5. The summed E-state index contributed by atoms with van der Waals surface area (Å²) >= 11 is 0. The zero-order valence-corrected chi connectivity index (χ0v) is 15.3. The highest BCUT2D eigenvalue weighted by molar-refractivity contribution is 4.77. The van der Waals surface area contributed by atoms with E-state index in [0.29, 0.717) is 6.17 Å². The number of hydrogen-bond acceptors (Lipinski definition) is 6. The lowest BCUT2D eigenvalue weighted by Gasteiger charge is -2.38. The molecule has 23 heavy (non-hydrogen) atoms. The van der Waals surface area contributed by atoms with Gasteiger partial charge in [-0.25, -0.2) is 0 Å². The average molecular weight is 327 g/mol. The van der Waals surface area contributed by atoms with Crippen LogP contribution < -0.4 is 11.1 Å². The fraction of sp³-hybridized carbons (Fsp3) is 1.00. The van der Waals surface area contributed by atoms with Crippen molar-refractivity contribution in [2.24, 2.45) is 5.73 Å². The van der Waals surface area contributed by atoms with Crippen molar-refractivity contribution in [3.05, 3.63) is 0 Å². The van der Waals surface area contributed by atoms with Crippen molar-refractivity contribution < 1.29 is 0 Å². The number of hydrogen-bond donors (Lipinski definition) is 2. The van der Waals surface area contributed by atoms with Gasteiger partial charge in [0.05, 0.1) is 6.17 Å². The number of nitrogens with two attached hydrogens (primary N) is 1. The summed E-state index contributed by atoms with van der Waals surface area (Å²) < 4.78 is 0. The molecule has 2 aliphatic rings. The van der Waals surface area contributed by atoms with E-state index in [4.69, 9.17) is 5.73 Å². The Bertz CT molecular complexity index is 297. The van der Waals surface area contributed by atoms with Crippen molar-refractivity contribution in [3.8, 4) is 0 Å². The Hall–Kier alpha value is -0.240. The standard InChI is InChI=1S/C17H38N6/c1-20-9-13-22(14-10-20)8-4-7-19-17(5-3-6-18)23-15-11-21(2)12-16-23/h17,19H,3-16,18H2,1-2H3. The van der Waals surface area contributed by atoms with Gasteiger partial charge in [-0.05, 0) is 53.0 Å². The summed E-state index contributed by atoms with van der Waals surface area (Å²) in [5.41, 5.74) is 5.73. The van der Waals surface area contributed by atoms with E-state index < -0.39 is 0 Å². The van der Waals surface area contributed by atoms with Gasteiger partial charge in [0.1, 0.15) is 0 Å². The normalized spacial score (nSPS) is 24.1. The highest BCUT2D eigenvalue weighted by atomic mass is 15.3. The van der Waals surface area contributed by atoms with Gasteiger partial charge in [0.15, 0.2) is 0 Å². The molecule has 1 unspecified atom stereocenters. The number of rotatable bonds is 9. The van der Waals surface area contributed by atoms with Gasteiger partial charge in [-0.3, -0.25) is 4.90 Å². The molecule has 6 nitrogen and oxygen atoms in total. The Morgan fingerprint density at radius 2 is 1.48 bits per heavy atom. The fourth-order valence-electron chi connectivity index (χ4n) is 3.50. The first kappa shape index (κ1) is 19.1. The summed E-state index contributed by atoms with van der Waals surface area (Å²) in [6.07, 6.45) is 4.05. The molecule has 136 valence electrons. The summed E-state index contributed by atoms with van der Waals surface area (Å²) in [5, 5.41) is 3.80. The highest BCUT2D eigenvalue weighted by Gasteiger charge is 2.21. The van der Waals surface area contributed by atoms with Crippen LogP contribution in [0.4, 0.5) is 0 Å². The van der Waals surface area contributed by atoms with Crippen LogP contribution in [0.3, 0.4) is 0 Å². The van der Waals surface area contributed by atoms with Crippen LogP contribution in [0.15, 0.2) is 0 Å². The van der Waals surface area contributed by atoms with Crippen molar-refractivity contribution in [1.82, 2.24) is 24.9 Å². The van der Waals surface area contributed by atoms with Gasteiger partial charge in [-0.2, -0.15) is 0 Å². The predicted octanol–water partition coefficient (Wildman–Crippen LogP) is -0.474. The molecule has 0 aromatic heterocycles. The van der Waals surface area contributed by atoms with Crippen molar-refractivity contribution in [2.75, 3.05) is 86.1 Å². The van der Waals surface area contributed by atoms with Crippen molar-refractivity contribution >= 4 is 0 Å². The van der Waals surface area contributed by atoms with Gasteiger partial charge in [-0.15, -0.1) is 0 Å². The van der Waals surface area contributed by atoms with Crippen LogP contribution in [0, 0.1) is 0 Å². The molecule has 2 fully saturated rings. The van der Waals surface area contributed by atoms with Crippen molar-refractivity contribution in [1.29, 1.82) is 0 Å². The molecule has 3 N–H and O–H groups in total. The van der Waals surface area contributed by atoms with E-state index in [2.05, 4.69) is 39.0 Å². The Morgan fingerprint density at radius 1 is 0.870 bits per heavy atom. The van der Waals surface area contributed by atoms with E-state index in [1.807, 2.05) is 0 Å². The second-order valence-corrected chi connectivity index (χ2v) is 7.24. The van der Waals surface area contributed by atoms with E-state index in [9.17, 15) is 0 Å². The Balaban J connectivity index is 1.64. The van der Waals surface area contributed by atoms with Crippen LogP contribution in [0.1, 0.15) is 19.3 Å². The van der Waals surface area contributed by atoms with Gasteiger partial charge >= 0.3 is 0 Å². The Morgan fingerprint density at radius 3 is 2.09 bits per heavy atom. The van der Waals surface area contributed by atoms with Crippen molar-refractivity contribution in [2.45, 2.75) is 25.4 Å². The number of likely N-dealkylation sites (N-methyl/N-ethyl adjacent to an activating group) is 2. The van der Waals surface area contributed by atoms with Crippen LogP contribution >= 0.6 is 0 Å². The second-order valence-electron chi connectivity index (χ2n) is 7.24. The van der Waals surface area contributed by atoms with Crippen LogP contribution in [0.25, 0.3) is 0 Å². The molecule has 2 aliphatic heterocycles. The van der Waals surface area contributed by atoms with E-state index >= 15 is 0 Å². The monoisotopic (exact) mass is 326 g/mol. The molecule has 0 aromatic carbocycles. The van der Waals surface area contributed by atoms with Gasteiger partial charge in [0.25, 0.3) is 0 Å². The quantitative estimate of drug-likeness (QED) is 0.559.